The van der Waals surface area contributed by atoms with Crippen molar-refractivity contribution in [1.82, 2.24) is 9.97 Å². The van der Waals surface area contributed by atoms with Crippen molar-refractivity contribution in [2.75, 3.05) is 5.32 Å². The molecule has 0 aliphatic carbocycles. The fraction of sp³-hybridized carbons (Fsp3) is 0.500. The van der Waals surface area contributed by atoms with Gasteiger partial charge in [-0.2, -0.15) is 0 Å². The van der Waals surface area contributed by atoms with Crippen LogP contribution in [0.4, 0.5) is 5.82 Å². The molecule has 0 radical (unpaired) electrons. The number of rotatable bonds is 5. The lowest BCUT2D eigenvalue weighted by molar-refractivity contribution is -0.153. The van der Waals surface area contributed by atoms with Crippen LogP contribution in [0.2, 0.25) is 5.15 Å². The SMILES string of the molecule is CC(C)C(C)(CC(=O)Nc1cc(Cl)ncn1)C(=O)O. The van der Waals surface area contributed by atoms with E-state index >= 15 is 0 Å². The van der Waals surface area contributed by atoms with Crippen molar-refractivity contribution in [2.24, 2.45) is 11.3 Å². The zero-order valence-corrected chi connectivity index (χ0v) is 11.7. The molecule has 0 saturated heterocycles. The van der Waals surface area contributed by atoms with Crippen LogP contribution in [0.5, 0.6) is 0 Å². The molecule has 1 aromatic rings. The van der Waals surface area contributed by atoms with Crippen molar-refractivity contribution in [2.45, 2.75) is 27.2 Å². The Labute approximate surface area is 116 Å². The summed E-state index contributed by atoms with van der Waals surface area (Å²) >= 11 is 5.67. The van der Waals surface area contributed by atoms with Gasteiger partial charge in [0.05, 0.1) is 5.41 Å². The summed E-state index contributed by atoms with van der Waals surface area (Å²) < 4.78 is 0. The number of carbonyl (C=O) groups is 2. The van der Waals surface area contributed by atoms with Gasteiger partial charge in [0.25, 0.3) is 0 Å². The van der Waals surface area contributed by atoms with Crippen LogP contribution in [-0.2, 0) is 9.59 Å². The largest absolute Gasteiger partial charge is 0.481 e. The van der Waals surface area contributed by atoms with Crippen LogP contribution < -0.4 is 5.32 Å². The summed E-state index contributed by atoms with van der Waals surface area (Å²) in [6.45, 7) is 5.08. The fourth-order valence-corrected chi connectivity index (χ4v) is 1.60. The zero-order chi connectivity index (χ0) is 14.6. The van der Waals surface area contributed by atoms with Crippen molar-refractivity contribution in [3.63, 3.8) is 0 Å². The van der Waals surface area contributed by atoms with E-state index in [1.165, 1.54) is 12.4 Å². The number of hydrogen-bond acceptors (Lipinski definition) is 4. The Morgan fingerprint density at radius 1 is 1.47 bits per heavy atom. The van der Waals surface area contributed by atoms with Gasteiger partial charge in [-0.25, -0.2) is 9.97 Å². The van der Waals surface area contributed by atoms with Gasteiger partial charge in [0.1, 0.15) is 17.3 Å². The van der Waals surface area contributed by atoms with E-state index in [4.69, 9.17) is 11.6 Å². The first kappa shape index (κ1) is 15.4. The quantitative estimate of drug-likeness (QED) is 0.809. The van der Waals surface area contributed by atoms with E-state index in [0.717, 1.165) is 0 Å². The molecule has 6 nitrogen and oxygen atoms in total. The minimum Gasteiger partial charge on any atom is -0.481 e. The van der Waals surface area contributed by atoms with Crippen molar-refractivity contribution >= 4 is 29.3 Å². The number of carboxylic acid groups (broad SMARTS) is 1. The Kier molecular flexibility index (Phi) is 4.83. The van der Waals surface area contributed by atoms with E-state index < -0.39 is 17.3 Å². The number of nitrogens with one attached hydrogen (secondary N) is 1. The molecule has 104 valence electrons. The molecule has 1 aromatic heterocycles. The van der Waals surface area contributed by atoms with Gasteiger partial charge >= 0.3 is 5.97 Å². The summed E-state index contributed by atoms with van der Waals surface area (Å²) in [6, 6.07) is 1.40. The topological polar surface area (TPSA) is 92.2 Å². The van der Waals surface area contributed by atoms with Gasteiger partial charge in [-0.1, -0.05) is 25.4 Å². The fourth-order valence-electron chi connectivity index (χ4n) is 1.45. The average Bonchev–Trinajstić information content (AvgIpc) is 2.27. The number of amides is 1. The zero-order valence-electron chi connectivity index (χ0n) is 11.0. The summed E-state index contributed by atoms with van der Waals surface area (Å²) in [6.07, 6.45) is 1.08. The third kappa shape index (κ3) is 3.89. The monoisotopic (exact) mass is 285 g/mol. The number of carbonyl (C=O) groups excluding carboxylic acids is 1. The van der Waals surface area contributed by atoms with Crippen LogP contribution in [0.25, 0.3) is 0 Å². The molecule has 1 heterocycles. The van der Waals surface area contributed by atoms with Crippen molar-refractivity contribution < 1.29 is 14.7 Å². The summed E-state index contributed by atoms with van der Waals surface area (Å²) in [5.74, 6) is -1.35. The standard InChI is InChI=1S/C12H16ClN3O3/c1-7(2)12(3,11(18)19)5-10(17)16-9-4-8(13)14-6-15-9/h4,6-7H,5H2,1-3H3,(H,18,19)(H,14,15,16,17). The first-order valence-electron chi connectivity index (χ1n) is 5.76. The van der Waals surface area contributed by atoms with Crippen LogP contribution in [0.15, 0.2) is 12.4 Å². The average molecular weight is 286 g/mol. The van der Waals surface area contributed by atoms with Crippen LogP contribution in [0.3, 0.4) is 0 Å². The minimum absolute atomic E-state index is 0.137. The first-order valence-corrected chi connectivity index (χ1v) is 6.14. The Balaban J connectivity index is 2.77. The van der Waals surface area contributed by atoms with Crippen molar-refractivity contribution in [3.05, 3.63) is 17.5 Å². The van der Waals surface area contributed by atoms with E-state index in [9.17, 15) is 14.7 Å². The lowest BCUT2D eigenvalue weighted by atomic mass is 9.76. The molecule has 0 spiro atoms. The predicted octanol–water partition coefficient (Wildman–Crippen LogP) is 2.21. The van der Waals surface area contributed by atoms with Gasteiger partial charge in [0.2, 0.25) is 5.91 Å². The number of halogens is 1. The third-order valence-corrected chi connectivity index (χ3v) is 3.40. The molecule has 0 aliphatic heterocycles. The van der Waals surface area contributed by atoms with Gasteiger partial charge in [-0.05, 0) is 12.8 Å². The molecule has 1 atom stereocenters. The highest BCUT2D eigenvalue weighted by Gasteiger charge is 2.38. The van der Waals surface area contributed by atoms with Crippen molar-refractivity contribution in [1.29, 1.82) is 0 Å². The number of hydrogen-bond donors (Lipinski definition) is 2. The van der Waals surface area contributed by atoms with E-state index in [2.05, 4.69) is 15.3 Å². The maximum absolute atomic E-state index is 11.9. The lowest BCUT2D eigenvalue weighted by Gasteiger charge is -2.28. The first-order chi connectivity index (χ1) is 8.75. The Hall–Kier alpha value is -1.69. The van der Waals surface area contributed by atoms with Gasteiger partial charge in [-0.15, -0.1) is 0 Å². The van der Waals surface area contributed by atoms with Crippen LogP contribution in [-0.4, -0.2) is 27.0 Å². The van der Waals surface area contributed by atoms with E-state index in [1.807, 2.05) is 0 Å². The second kappa shape index (κ2) is 5.97. The number of aliphatic carboxylic acids is 1. The molecular formula is C12H16ClN3O3. The maximum atomic E-state index is 11.9. The van der Waals surface area contributed by atoms with E-state index in [0.29, 0.717) is 0 Å². The van der Waals surface area contributed by atoms with Crippen LogP contribution >= 0.6 is 11.6 Å². The van der Waals surface area contributed by atoms with E-state index in [-0.39, 0.29) is 23.3 Å². The molecule has 2 N–H and O–H groups in total. The summed E-state index contributed by atoms with van der Waals surface area (Å²) in [5, 5.41) is 11.9. The Bertz CT molecular complexity index is 493. The number of carboxylic acids is 1. The van der Waals surface area contributed by atoms with Gasteiger partial charge in [-0.3, -0.25) is 9.59 Å². The second-order valence-electron chi connectivity index (χ2n) is 4.83. The molecule has 1 amide bonds. The maximum Gasteiger partial charge on any atom is 0.310 e. The van der Waals surface area contributed by atoms with Crippen molar-refractivity contribution in [3.8, 4) is 0 Å². The molecule has 0 saturated carbocycles. The number of anilines is 1. The molecule has 0 fully saturated rings. The molecule has 1 unspecified atom stereocenters. The molecule has 19 heavy (non-hydrogen) atoms. The number of aromatic nitrogens is 2. The summed E-state index contributed by atoms with van der Waals surface area (Å²) in [7, 11) is 0. The highest BCUT2D eigenvalue weighted by atomic mass is 35.5. The van der Waals surface area contributed by atoms with Crippen LogP contribution in [0.1, 0.15) is 27.2 Å². The van der Waals surface area contributed by atoms with Crippen LogP contribution in [0, 0.1) is 11.3 Å². The van der Waals surface area contributed by atoms with E-state index in [1.54, 1.807) is 20.8 Å². The molecule has 7 heteroatoms. The van der Waals surface area contributed by atoms with Gasteiger partial charge in [0, 0.05) is 12.5 Å². The summed E-state index contributed by atoms with van der Waals surface area (Å²) in [5.41, 5.74) is -1.12. The Morgan fingerprint density at radius 3 is 2.58 bits per heavy atom. The second-order valence-corrected chi connectivity index (χ2v) is 5.22. The third-order valence-electron chi connectivity index (χ3n) is 3.19. The number of nitrogens with zero attached hydrogens (tertiary/aromatic N) is 2. The van der Waals surface area contributed by atoms with Gasteiger partial charge < -0.3 is 10.4 Å². The molecular weight excluding hydrogens is 270 g/mol. The Morgan fingerprint density at radius 2 is 2.11 bits per heavy atom. The normalized spacial score (nSPS) is 13.9. The highest BCUT2D eigenvalue weighted by molar-refractivity contribution is 6.29. The molecule has 0 aliphatic rings. The molecule has 0 aromatic carbocycles. The predicted molar refractivity (Wildman–Crippen MR) is 70.9 cm³/mol. The lowest BCUT2D eigenvalue weighted by Crippen LogP contribution is -2.37. The smallest absolute Gasteiger partial charge is 0.310 e. The minimum atomic E-state index is -1.12. The highest BCUT2D eigenvalue weighted by Crippen LogP contribution is 2.31. The molecule has 1 rings (SSSR count). The molecule has 0 bridgehead atoms. The summed E-state index contributed by atoms with van der Waals surface area (Å²) in [4.78, 5) is 30.7. The van der Waals surface area contributed by atoms with Gasteiger partial charge in [0.15, 0.2) is 0 Å².